The Morgan fingerprint density at radius 2 is 1.68 bits per heavy atom. The number of hydrogen-bond donors (Lipinski definition) is 2. The van der Waals surface area contributed by atoms with Crippen molar-refractivity contribution in [2.75, 3.05) is 19.4 Å². The van der Waals surface area contributed by atoms with Crippen molar-refractivity contribution in [2.45, 2.75) is 37.1 Å². The Hall–Kier alpha value is -0.910. The Balaban J connectivity index is 2.23. The summed E-state index contributed by atoms with van der Waals surface area (Å²) in [4.78, 5) is 0.361. The van der Waals surface area contributed by atoms with Crippen molar-refractivity contribution in [2.24, 2.45) is 0 Å². The molecule has 0 aliphatic heterocycles. The third-order valence-electron chi connectivity index (χ3n) is 2.94. The van der Waals surface area contributed by atoms with Gasteiger partial charge in [-0.15, -0.1) is 0 Å². The lowest BCUT2D eigenvalue weighted by atomic mass is 10.2. The van der Waals surface area contributed by atoms with Crippen LogP contribution in [0.1, 0.15) is 31.2 Å². The predicted molar refractivity (Wildman–Crippen MR) is 76.8 cm³/mol. The van der Waals surface area contributed by atoms with Gasteiger partial charge in [-0.25, -0.2) is 8.42 Å². The Kier molecular flexibility index (Phi) is 7.05. The van der Waals surface area contributed by atoms with E-state index in [9.17, 15) is 8.42 Å². The van der Waals surface area contributed by atoms with Crippen LogP contribution in [0.4, 0.5) is 0 Å². The van der Waals surface area contributed by atoms with Gasteiger partial charge < -0.3 is 10.4 Å². The van der Waals surface area contributed by atoms with Gasteiger partial charge in [0.15, 0.2) is 9.84 Å². The van der Waals surface area contributed by atoms with E-state index in [2.05, 4.69) is 5.32 Å². The van der Waals surface area contributed by atoms with Gasteiger partial charge in [0.1, 0.15) is 0 Å². The van der Waals surface area contributed by atoms with Gasteiger partial charge in [-0.1, -0.05) is 25.0 Å². The molecular weight excluding hydrogens is 262 g/mol. The van der Waals surface area contributed by atoms with E-state index in [1.54, 1.807) is 12.1 Å². The molecule has 1 aromatic carbocycles. The van der Waals surface area contributed by atoms with E-state index in [1.165, 1.54) is 6.26 Å². The van der Waals surface area contributed by atoms with Crippen molar-refractivity contribution >= 4 is 9.84 Å². The standard InChI is InChI=1S/C14H23NO3S/c1-19(17,18)14-8-6-13(7-9-14)12-15-10-4-2-3-5-11-16/h6-9,15-16H,2-5,10-12H2,1H3. The maximum Gasteiger partial charge on any atom is 0.175 e. The highest BCUT2D eigenvalue weighted by molar-refractivity contribution is 7.90. The lowest BCUT2D eigenvalue weighted by molar-refractivity contribution is 0.282. The third-order valence-corrected chi connectivity index (χ3v) is 4.07. The number of hydrogen-bond acceptors (Lipinski definition) is 4. The number of aliphatic hydroxyl groups excluding tert-OH is 1. The first-order chi connectivity index (χ1) is 9.04. The maximum atomic E-state index is 11.3. The summed E-state index contributed by atoms with van der Waals surface area (Å²) < 4.78 is 22.6. The second-order valence-electron chi connectivity index (χ2n) is 4.73. The number of unbranched alkanes of at least 4 members (excludes halogenated alkanes) is 3. The molecule has 0 aliphatic rings. The maximum absolute atomic E-state index is 11.3. The fourth-order valence-corrected chi connectivity index (χ4v) is 2.43. The molecule has 1 aromatic rings. The smallest absolute Gasteiger partial charge is 0.175 e. The first-order valence-corrected chi connectivity index (χ1v) is 8.54. The highest BCUT2D eigenvalue weighted by Crippen LogP contribution is 2.10. The van der Waals surface area contributed by atoms with Crippen LogP contribution < -0.4 is 5.32 Å². The summed E-state index contributed by atoms with van der Waals surface area (Å²) in [5.74, 6) is 0. The fraction of sp³-hybridized carbons (Fsp3) is 0.571. The van der Waals surface area contributed by atoms with Crippen molar-refractivity contribution in [1.82, 2.24) is 5.32 Å². The first kappa shape index (κ1) is 16.1. The first-order valence-electron chi connectivity index (χ1n) is 6.64. The van der Waals surface area contributed by atoms with Gasteiger partial charge in [-0.3, -0.25) is 0 Å². The lowest BCUT2D eigenvalue weighted by Gasteiger charge is -2.05. The van der Waals surface area contributed by atoms with Gasteiger partial charge in [0.25, 0.3) is 0 Å². The van der Waals surface area contributed by atoms with Crippen molar-refractivity contribution in [3.05, 3.63) is 29.8 Å². The van der Waals surface area contributed by atoms with E-state index in [4.69, 9.17) is 5.11 Å². The van der Waals surface area contributed by atoms with Crippen LogP contribution in [0.2, 0.25) is 0 Å². The van der Waals surface area contributed by atoms with Crippen LogP contribution in [0, 0.1) is 0 Å². The lowest BCUT2D eigenvalue weighted by Crippen LogP contribution is -2.14. The molecule has 108 valence electrons. The Morgan fingerprint density at radius 3 is 2.26 bits per heavy atom. The molecule has 0 spiro atoms. The van der Waals surface area contributed by atoms with Crippen molar-refractivity contribution < 1.29 is 13.5 Å². The Morgan fingerprint density at radius 1 is 1.05 bits per heavy atom. The minimum Gasteiger partial charge on any atom is -0.396 e. The summed E-state index contributed by atoms with van der Waals surface area (Å²) in [6, 6.07) is 6.98. The molecule has 0 heterocycles. The van der Waals surface area contributed by atoms with Gasteiger partial charge in [-0.05, 0) is 37.1 Å². The molecule has 4 nitrogen and oxygen atoms in total. The number of sulfone groups is 1. The van der Waals surface area contributed by atoms with Crippen LogP contribution in [-0.2, 0) is 16.4 Å². The molecule has 0 saturated carbocycles. The average molecular weight is 285 g/mol. The van der Waals surface area contributed by atoms with Crippen LogP contribution in [0.15, 0.2) is 29.2 Å². The summed E-state index contributed by atoms with van der Waals surface area (Å²) in [7, 11) is -3.10. The summed E-state index contributed by atoms with van der Waals surface area (Å²) in [5, 5.41) is 12.0. The zero-order valence-corrected chi connectivity index (χ0v) is 12.2. The molecule has 0 amide bonds. The third kappa shape index (κ3) is 6.71. The molecule has 2 N–H and O–H groups in total. The van der Waals surface area contributed by atoms with Crippen LogP contribution in [-0.4, -0.2) is 32.9 Å². The molecule has 0 saturated heterocycles. The monoisotopic (exact) mass is 285 g/mol. The van der Waals surface area contributed by atoms with E-state index >= 15 is 0 Å². The van der Waals surface area contributed by atoms with Gasteiger partial charge >= 0.3 is 0 Å². The van der Waals surface area contributed by atoms with Gasteiger partial charge in [0, 0.05) is 19.4 Å². The van der Waals surface area contributed by atoms with E-state index in [0.717, 1.165) is 44.3 Å². The SMILES string of the molecule is CS(=O)(=O)c1ccc(CNCCCCCCO)cc1. The largest absolute Gasteiger partial charge is 0.396 e. The number of aliphatic hydroxyl groups is 1. The molecule has 1 rings (SSSR count). The number of nitrogens with one attached hydrogen (secondary N) is 1. The zero-order valence-electron chi connectivity index (χ0n) is 11.4. The second-order valence-corrected chi connectivity index (χ2v) is 6.75. The van der Waals surface area contributed by atoms with Crippen molar-refractivity contribution in [1.29, 1.82) is 0 Å². The van der Waals surface area contributed by atoms with Crippen LogP contribution >= 0.6 is 0 Å². The normalized spacial score (nSPS) is 11.7. The van der Waals surface area contributed by atoms with E-state index in [-0.39, 0.29) is 6.61 Å². The summed E-state index contributed by atoms with van der Waals surface area (Å²) >= 11 is 0. The summed E-state index contributed by atoms with van der Waals surface area (Å²) in [5.41, 5.74) is 1.09. The fourth-order valence-electron chi connectivity index (χ4n) is 1.80. The quantitative estimate of drug-likeness (QED) is 0.678. The Bertz CT molecular complexity index is 454. The van der Waals surface area contributed by atoms with E-state index in [0.29, 0.717) is 4.90 Å². The topological polar surface area (TPSA) is 66.4 Å². The molecule has 0 radical (unpaired) electrons. The van der Waals surface area contributed by atoms with Crippen LogP contribution in [0.5, 0.6) is 0 Å². The van der Waals surface area contributed by atoms with Gasteiger partial charge in [0.2, 0.25) is 0 Å². The van der Waals surface area contributed by atoms with Crippen LogP contribution in [0.25, 0.3) is 0 Å². The summed E-state index contributed by atoms with van der Waals surface area (Å²) in [6.45, 7) is 1.98. The zero-order chi connectivity index (χ0) is 14.1. The highest BCUT2D eigenvalue weighted by atomic mass is 32.2. The second kappa shape index (κ2) is 8.30. The van der Waals surface area contributed by atoms with Gasteiger partial charge in [-0.2, -0.15) is 0 Å². The predicted octanol–water partition coefficient (Wildman–Crippen LogP) is 1.73. The molecule has 0 fully saturated rings. The molecule has 19 heavy (non-hydrogen) atoms. The summed E-state index contributed by atoms with van der Waals surface area (Å²) in [6.07, 6.45) is 5.39. The minimum absolute atomic E-state index is 0.278. The van der Waals surface area contributed by atoms with E-state index < -0.39 is 9.84 Å². The van der Waals surface area contributed by atoms with Crippen molar-refractivity contribution in [3.8, 4) is 0 Å². The molecule has 0 bridgehead atoms. The van der Waals surface area contributed by atoms with Crippen molar-refractivity contribution in [3.63, 3.8) is 0 Å². The molecule has 5 heteroatoms. The molecule has 0 atom stereocenters. The van der Waals surface area contributed by atoms with E-state index in [1.807, 2.05) is 12.1 Å². The molecular formula is C14H23NO3S. The molecule has 0 unspecified atom stereocenters. The molecule has 0 aromatic heterocycles. The minimum atomic E-state index is -3.10. The average Bonchev–Trinajstić information content (AvgIpc) is 2.37. The number of benzene rings is 1. The Labute approximate surface area is 115 Å². The highest BCUT2D eigenvalue weighted by Gasteiger charge is 2.05. The number of rotatable bonds is 9. The van der Waals surface area contributed by atoms with Crippen LogP contribution in [0.3, 0.4) is 0 Å². The molecule has 0 aliphatic carbocycles. The van der Waals surface area contributed by atoms with Gasteiger partial charge in [0.05, 0.1) is 4.90 Å².